The fourth-order valence-electron chi connectivity index (χ4n) is 2.38. The number of hydrogen-bond acceptors (Lipinski definition) is 1. The molecule has 90 valence electrons. The lowest BCUT2D eigenvalue weighted by Crippen LogP contribution is -2.14. The molecule has 3 rings (SSSR count). The van der Waals surface area contributed by atoms with E-state index in [0.29, 0.717) is 0 Å². The topological polar surface area (TPSA) is 37.8 Å². The minimum absolute atomic E-state index is 0.00806. The van der Waals surface area contributed by atoms with E-state index in [4.69, 9.17) is 0 Å². The van der Waals surface area contributed by atoms with Crippen molar-refractivity contribution in [3.05, 3.63) is 63.9 Å². The number of H-pyrrole nitrogens is 1. The third kappa shape index (κ3) is 1.56. The first kappa shape index (κ1) is 10.8. The molecule has 0 radical (unpaired) electrons. The number of aryl methyl sites for hydroxylation is 2. The van der Waals surface area contributed by atoms with Crippen molar-refractivity contribution >= 4 is 10.9 Å². The highest BCUT2D eigenvalue weighted by Gasteiger charge is 2.10. The molecule has 18 heavy (non-hydrogen) atoms. The number of para-hydroxylation sites is 1. The van der Waals surface area contributed by atoms with Crippen molar-refractivity contribution in [3.63, 3.8) is 0 Å². The molecule has 2 aromatic carbocycles. The van der Waals surface area contributed by atoms with E-state index in [2.05, 4.69) is 5.10 Å². The Morgan fingerprint density at radius 3 is 2.50 bits per heavy atom. The van der Waals surface area contributed by atoms with Crippen molar-refractivity contribution in [2.24, 2.45) is 0 Å². The molecule has 3 heteroatoms. The molecule has 0 spiro atoms. The highest BCUT2D eigenvalue weighted by atomic mass is 16.1. The first-order chi connectivity index (χ1) is 8.66. The van der Waals surface area contributed by atoms with Gasteiger partial charge in [0.2, 0.25) is 0 Å². The zero-order valence-electron chi connectivity index (χ0n) is 10.4. The number of nitrogens with zero attached hydrogens (tertiary/aromatic N) is 1. The van der Waals surface area contributed by atoms with Gasteiger partial charge in [0, 0.05) is 0 Å². The number of aromatic nitrogens is 2. The van der Waals surface area contributed by atoms with E-state index < -0.39 is 0 Å². The maximum Gasteiger partial charge on any atom is 0.279 e. The van der Waals surface area contributed by atoms with E-state index >= 15 is 0 Å². The Kier molecular flexibility index (Phi) is 2.33. The summed E-state index contributed by atoms with van der Waals surface area (Å²) >= 11 is 0. The first-order valence-electron chi connectivity index (χ1n) is 5.94. The van der Waals surface area contributed by atoms with Gasteiger partial charge in [-0.3, -0.25) is 9.89 Å². The molecule has 0 unspecified atom stereocenters. The zero-order valence-corrected chi connectivity index (χ0v) is 10.4. The zero-order chi connectivity index (χ0) is 12.7. The van der Waals surface area contributed by atoms with Crippen LogP contribution in [0.2, 0.25) is 0 Å². The monoisotopic (exact) mass is 238 g/mol. The summed E-state index contributed by atoms with van der Waals surface area (Å²) in [5.41, 5.74) is 3.92. The van der Waals surface area contributed by atoms with Crippen LogP contribution in [-0.4, -0.2) is 9.78 Å². The molecule has 0 saturated heterocycles. The standard InChI is InChI=1S/C15H14N2O/c1-10-8-11(2)14-13(9-10)16-17(15(14)18)12-6-4-3-5-7-12/h3-9,16H,1-2H3. The van der Waals surface area contributed by atoms with Gasteiger partial charge in [-0.05, 0) is 43.2 Å². The molecule has 1 aromatic heterocycles. The van der Waals surface area contributed by atoms with Crippen molar-refractivity contribution in [1.82, 2.24) is 9.78 Å². The molecular formula is C15H14N2O. The lowest BCUT2D eigenvalue weighted by molar-refractivity contribution is 0.863. The summed E-state index contributed by atoms with van der Waals surface area (Å²) in [6.45, 7) is 4.00. The highest BCUT2D eigenvalue weighted by molar-refractivity contribution is 5.82. The second-order valence-electron chi connectivity index (χ2n) is 4.59. The number of benzene rings is 2. The van der Waals surface area contributed by atoms with E-state index in [9.17, 15) is 4.79 Å². The molecule has 0 fully saturated rings. The summed E-state index contributed by atoms with van der Waals surface area (Å²) in [5, 5.41) is 3.93. The Balaban J connectivity index is 2.37. The quantitative estimate of drug-likeness (QED) is 0.695. The third-order valence-electron chi connectivity index (χ3n) is 3.14. The molecule has 3 aromatic rings. The predicted octanol–water partition coefficient (Wildman–Crippen LogP) is 2.94. The number of nitrogens with one attached hydrogen (secondary N) is 1. The van der Waals surface area contributed by atoms with Gasteiger partial charge in [-0.1, -0.05) is 24.3 Å². The summed E-state index contributed by atoms with van der Waals surface area (Å²) in [5.74, 6) is 0. The average molecular weight is 238 g/mol. The van der Waals surface area contributed by atoms with Gasteiger partial charge in [0.1, 0.15) is 0 Å². The van der Waals surface area contributed by atoms with E-state index in [1.807, 2.05) is 56.3 Å². The minimum atomic E-state index is 0.00806. The molecule has 3 nitrogen and oxygen atoms in total. The predicted molar refractivity (Wildman–Crippen MR) is 73.4 cm³/mol. The molecular weight excluding hydrogens is 224 g/mol. The van der Waals surface area contributed by atoms with Crippen molar-refractivity contribution in [1.29, 1.82) is 0 Å². The van der Waals surface area contributed by atoms with E-state index in [1.54, 1.807) is 4.68 Å². The van der Waals surface area contributed by atoms with Crippen molar-refractivity contribution in [2.75, 3.05) is 0 Å². The number of hydrogen-bond donors (Lipinski definition) is 1. The number of fused-ring (bicyclic) bond motifs is 1. The van der Waals surface area contributed by atoms with Crippen LogP contribution in [0.1, 0.15) is 11.1 Å². The molecule has 0 saturated carbocycles. The van der Waals surface area contributed by atoms with Crippen LogP contribution in [-0.2, 0) is 0 Å². The fraction of sp³-hybridized carbons (Fsp3) is 0.133. The Morgan fingerprint density at radius 1 is 1.06 bits per heavy atom. The summed E-state index contributed by atoms with van der Waals surface area (Å²) in [6.07, 6.45) is 0. The van der Waals surface area contributed by atoms with Gasteiger partial charge < -0.3 is 0 Å². The van der Waals surface area contributed by atoms with Crippen molar-refractivity contribution in [2.45, 2.75) is 13.8 Å². The number of aromatic amines is 1. The SMILES string of the molecule is Cc1cc(C)c2c(=O)n(-c3ccccc3)[nH]c2c1. The van der Waals surface area contributed by atoms with Crippen LogP contribution in [0.4, 0.5) is 0 Å². The Labute approximate surface area is 105 Å². The maximum absolute atomic E-state index is 12.4. The Bertz CT molecular complexity index is 766. The highest BCUT2D eigenvalue weighted by Crippen LogP contribution is 2.17. The summed E-state index contributed by atoms with van der Waals surface area (Å²) < 4.78 is 1.59. The maximum atomic E-state index is 12.4. The second-order valence-corrected chi connectivity index (χ2v) is 4.59. The van der Waals surface area contributed by atoms with Crippen LogP contribution < -0.4 is 5.56 Å². The molecule has 0 atom stereocenters. The van der Waals surface area contributed by atoms with Crippen LogP contribution in [0.3, 0.4) is 0 Å². The lowest BCUT2D eigenvalue weighted by Gasteiger charge is -1.99. The molecule has 0 bridgehead atoms. The van der Waals surface area contributed by atoms with Gasteiger partial charge in [-0.15, -0.1) is 0 Å². The Hall–Kier alpha value is -2.29. The summed E-state index contributed by atoms with van der Waals surface area (Å²) in [4.78, 5) is 12.4. The van der Waals surface area contributed by atoms with Crippen LogP contribution in [0.25, 0.3) is 16.6 Å². The lowest BCUT2D eigenvalue weighted by atomic mass is 10.1. The second kappa shape index (κ2) is 3.88. The van der Waals surface area contributed by atoms with Crippen molar-refractivity contribution in [3.8, 4) is 5.69 Å². The molecule has 0 aliphatic carbocycles. The summed E-state index contributed by atoms with van der Waals surface area (Å²) in [6, 6.07) is 13.7. The Morgan fingerprint density at radius 2 is 1.78 bits per heavy atom. The third-order valence-corrected chi connectivity index (χ3v) is 3.14. The molecule has 0 amide bonds. The molecule has 1 heterocycles. The van der Waals surface area contributed by atoms with Gasteiger partial charge in [-0.25, -0.2) is 4.68 Å². The van der Waals surface area contributed by atoms with E-state index in [-0.39, 0.29) is 5.56 Å². The van der Waals surface area contributed by atoms with Gasteiger partial charge in [-0.2, -0.15) is 0 Å². The normalized spacial score (nSPS) is 11.0. The summed E-state index contributed by atoms with van der Waals surface area (Å²) in [7, 11) is 0. The smallest absolute Gasteiger partial charge is 0.279 e. The van der Waals surface area contributed by atoms with Gasteiger partial charge >= 0.3 is 0 Å². The van der Waals surface area contributed by atoms with Crippen LogP contribution in [0.5, 0.6) is 0 Å². The van der Waals surface area contributed by atoms with Gasteiger partial charge in [0.05, 0.1) is 16.6 Å². The van der Waals surface area contributed by atoms with Crippen molar-refractivity contribution < 1.29 is 0 Å². The molecule has 0 aliphatic heterocycles. The first-order valence-corrected chi connectivity index (χ1v) is 5.94. The van der Waals surface area contributed by atoms with E-state index in [0.717, 1.165) is 27.7 Å². The van der Waals surface area contributed by atoms with Crippen LogP contribution in [0, 0.1) is 13.8 Å². The molecule has 1 N–H and O–H groups in total. The minimum Gasteiger partial charge on any atom is -0.290 e. The molecule has 0 aliphatic rings. The van der Waals surface area contributed by atoms with E-state index in [1.165, 1.54) is 0 Å². The largest absolute Gasteiger partial charge is 0.290 e. The number of rotatable bonds is 1. The average Bonchev–Trinajstić information content (AvgIpc) is 2.67. The van der Waals surface area contributed by atoms with Crippen LogP contribution in [0.15, 0.2) is 47.3 Å². The fourth-order valence-corrected chi connectivity index (χ4v) is 2.38. The van der Waals surface area contributed by atoms with Gasteiger partial charge in [0.25, 0.3) is 5.56 Å². The van der Waals surface area contributed by atoms with Crippen LogP contribution >= 0.6 is 0 Å². The van der Waals surface area contributed by atoms with Gasteiger partial charge in [0.15, 0.2) is 0 Å².